The van der Waals surface area contributed by atoms with Gasteiger partial charge in [0.05, 0.1) is 29.6 Å². The summed E-state index contributed by atoms with van der Waals surface area (Å²) in [6.07, 6.45) is 2.20. The predicted molar refractivity (Wildman–Crippen MR) is 121 cm³/mol. The molecule has 0 radical (unpaired) electrons. The van der Waals surface area contributed by atoms with Crippen LogP contribution < -0.4 is 10.2 Å². The van der Waals surface area contributed by atoms with E-state index in [9.17, 15) is 9.18 Å². The molecule has 0 aliphatic carbocycles. The highest BCUT2D eigenvalue weighted by Gasteiger charge is 2.16. The molecule has 1 amide bonds. The molecule has 0 bridgehead atoms. The SMILES string of the molecule is O=C(CCc1ncc(-c2ccc(F)cc2)o1)Nc1ccc2nc(N3CCOCC3)sc2c1. The van der Waals surface area contributed by atoms with E-state index in [-0.39, 0.29) is 18.1 Å². The topological polar surface area (TPSA) is 80.5 Å². The summed E-state index contributed by atoms with van der Waals surface area (Å²) in [5.41, 5.74) is 2.39. The molecule has 3 heterocycles. The zero-order valence-corrected chi connectivity index (χ0v) is 18.0. The van der Waals surface area contributed by atoms with Gasteiger partial charge in [0, 0.05) is 37.2 Å². The number of anilines is 2. The maximum absolute atomic E-state index is 13.1. The molecular formula is C23H21FN4O3S. The van der Waals surface area contributed by atoms with Crippen molar-refractivity contribution < 1.29 is 18.3 Å². The molecule has 1 aliphatic rings. The van der Waals surface area contributed by atoms with Gasteiger partial charge in [0.1, 0.15) is 5.82 Å². The number of morpholine rings is 1. The average Bonchev–Trinajstić information content (AvgIpc) is 3.46. The maximum Gasteiger partial charge on any atom is 0.224 e. The molecule has 2 aromatic heterocycles. The van der Waals surface area contributed by atoms with Crippen molar-refractivity contribution in [3.8, 4) is 11.3 Å². The molecule has 32 heavy (non-hydrogen) atoms. The number of hydrogen-bond acceptors (Lipinski definition) is 7. The third-order valence-corrected chi connectivity index (χ3v) is 6.27. The molecule has 1 fully saturated rings. The second-order valence-corrected chi connectivity index (χ2v) is 8.46. The number of carbonyl (C=O) groups is 1. The zero-order valence-electron chi connectivity index (χ0n) is 17.2. The number of nitrogens with zero attached hydrogens (tertiary/aromatic N) is 3. The van der Waals surface area contributed by atoms with Crippen molar-refractivity contribution in [3.05, 3.63) is 60.4 Å². The highest BCUT2D eigenvalue weighted by atomic mass is 32.1. The van der Waals surface area contributed by atoms with Crippen molar-refractivity contribution in [1.29, 1.82) is 0 Å². The van der Waals surface area contributed by atoms with Gasteiger partial charge in [-0.3, -0.25) is 4.79 Å². The Balaban J connectivity index is 1.19. The summed E-state index contributed by atoms with van der Waals surface area (Å²) in [4.78, 5) is 23.6. The van der Waals surface area contributed by atoms with Crippen LogP contribution >= 0.6 is 11.3 Å². The Kier molecular flexibility index (Phi) is 5.83. The summed E-state index contributed by atoms with van der Waals surface area (Å²) < 4.78 is 25.2. The Labute approximate surface area is 187 Å². The lowest BCUT2D eigenvalue weighted by Gasteiger charge is -2.25. The van der Waals surface area contributed by atoms with Gasteiger partial charge in [0.25, 0.3) is 0 Å². The summed E-state index contributed by atoms with van der Waals surface area (Å²) in [5, 5.41) is 3.91. The molecule has 4 aromatic rings. The van der Waals surface area contributed by atoms with E-state index >= 15 is 0 Å². The molecule has 0 atom stereocenters. The monoisotopic (exact) mass is 452 g/mol. The molecular weight excluding hydrogens is 431 g/mol. The Hall–Kier alpha value is -3.30. The first-order valence-corrected chi connectivity index (χ1v) is 11.2. The van der Waals surface area contributed by atoms with E-state index in [0.29, 0.717) is 31.3 Å². The van der Waals surface area contributed by atoms with Crippen LogP contribution in [-0.2, 0) is 16.0 Å². The van der Waals surface area contributed by atoms with E-state index < -0.39 is 0 Å². The summed E-state index contributed by atoms with van der Waals surface area (Å²) >= 11 is 1.62. The van der Waals surface area contributed by atoms with Crippen molar-refractivity contribution in [2.24, 2.45) is 0 Å². The quantitative estimate of drug-likeness (QED) is 0.464. The number of rotatable bonds is 6. The normalized spacial score (nSPS) is 14.1. The first kappa shape index (κ1) is 20.6. The van der Waals surface area contributed by atoms with E-state index in [1.54, 1.807) is 29.7 Å². The first-order valence-electron chi connectivity index (χ1n) is 10.4. The predicted octanol–water partition coefficient (Wildman–Crippen LogP) is 4.50. The number of aromatic nitrogens is 2. The molecule has 2 aromatic carbocycles. The second-order valence-electron chi connectivity index (χ2n) is 7.45. The number of benzene rings is 2. The molecule has 0 spiro atoms. The highest BCUT2D eigenvalue weighted by Crippen LogP contribution is 2.31. The molecule has 5 rings (SSSR count). The van der Waals surface area contributed by atoms with Gasteiger partial charge in [0.2, 0.25) is 5.91 Å². The number of ether oxygens (including phenoxy) is 1. The van der Waals surface area contributed by atoms with Crippen LogP contribution in [-0.4, -0.2) is 42.2 Å². The van der Waals surface area contributed by atoms with Crippen LogP contribution in [0.15, 0.2) is 53.1 Å². The van der Waals surface area contributed by atoms with E-state index in [2.05, 4.69) is 15.2 Å². The van der Waals surface area contributed by atoms with E-state index in [1.165, 1.54) is 12.1 Å². The van der Waals surface area contributed by atoms with Crippen LogP contribution in [0, 0.1) is 5.82 Å². The number of amides is 1. The molecule has 1 saturated heterocycles. The molecule has 164 valence electrons. The Morgan fingerprint density at radius 1 is 1.16 bits per heavy atom. The number of nitrogens with one attached hydrogen (secondary N) is 1. The summed E-state index contributed by atoms with van der Waals surface area (Å²) in [6, 6.07) is 11.7. The van der Waals surface area contributed by atoms with Gasteiger partial charge >= 0.3 is 0 Å². The van der Waals surface area contributed by atoms with Crippen LogP contribution in [0.4, 0.5) is 15.2 Å². The standard InChI is InChI=1S/C23H21FN4O3S/c24-16-3-1-15(2-4-16)19-14-25-22(31-19)8-7-21(29)26-17-5-6-18-20(13-17)32-23(27-18)28-9-11-30-12-10-28/h1-6,13-14H,7-12H2,(H,26,29). The van der Waals surface area contributed by atoms with Crippen molar-refractivity contribution >= 4 is 38.3 Å². The Morgan fingerprint density at radius 2 is 1.97 bits per heavy atom. The van der Waals surface area contributed by atoms with Crippen LogP contribution in [0.1, 0.15) is 12.3 Å². The Bertz CT molecular complexity index is 1230. The van der Waals surface area contributed by atoms with Crippen LogP contribution in [0.2, 0.25) is 0 Å². The summed E-state index contributed by atoms with van der Waals surface area (Å²) in [7, 11) is 0. The molecule has 1 aliphatic heterocycles. The lowest BCUT2D eigenvalue weighted by molar-refractivity contribution is -0.116. The number of hydrogen-bond donors (Lipinski definition) is 1. The molecule has 7 nitrogen and oxygen atoms in total. The van der Waals surface area contributed by atoms with Crippen molar-refractivity contribution in [3.63, 3.8) is 0 Å². The lowest BCUT2D eigenvalue weighted by atomic mass is 10.2. The van der Waals surface area contributed by atoms with Crippen LogP contribution in [0.3, 0.4) is 0 Å². The van der Waals surface area contributed by atoms with Crippen LogP contribution in [0.25, 0.3) is 21.5 Å². The molecule has 9 heteroatoms. The van der Waals surface area contributed by atoms with Gasteiger partial charge in [-0.25, -0.2) is 14.4 Å². The molecule has 0 unspecified atom stereocenters. The zero-order chi connectivity index (χ0) is 21.9. The van der Waals surface area contributed by atoms with Gasteiger partial charge < -0.3 is 19.4 Å². The summed E-state index contributed by atoms with van der Waals surface area (Å²) in [6.45, 7) is 3.11. The van der Waals surface area contributed by atoms with Gasteiger partial charge in [-0.2, -0.15) is 0 Å². The number of halogens is 1. The van der Waals surface area contributed by atoms with Crippen LogP contribution in [0.5, 0.6) is 0 Å². The molecule has 0 saturated carbocycles. The van der Waals surface area contributed by atoms with Gasteiger partial charge in [-0.1, -0.05) is 11.3 Å². The minimum Gasteiger partial charge on any atom is -0.441 e. The summed E-state index contributed by atoms with van der Waals surface area (Å²) in [5.74, 6) is 0.586. The number of fused-ring (bicyclic) bond motifs is 1. The van der Waals surface area contributed by atoms with Crippen molar-refractivity contribution in [1.82, 2.24) is 9.97 Å². The van der Waals surface area contributed by atoms with Crippen molar-refractivity contribution in [2.45, 2.75) is 12.8 Å². The number of carbonyl (C=O) groups excluding carboxylic acids is 1. The first-order chi connectivity index (χ1) is 15.6. The van der Waals surface area contributed by atoms with E-state index in [0.717, 1.165) is 39.7 Å². The Morgan fingerprint density at radius 3 is 2.78 bits per heavy atom. The third-order valence-electron chi connectivity index (χ3n) is 5.19. The van der Waals surface area contributed by atoms with Crippen molar-refractivity contribution in [2.75, 3.05) is 36.5 Å². The fraction of sp³-hybridized carbons (Fsp3) is 0.261. The van der Waals surface area contributed by atoms with E-state index in [4.69, 9.17) is 14.1 Å². The second kappa shape index (κ2) is 9.05. The maximum atomic E-state index is 13.1. The highest BCUT2D eigenvalue weighted by molar-refractivity contribution is 7.22. The van der Waals surface area contributed by atoms with E-state index in [1.807, 2.05) is 18.2 Å². The number of oxazole rings is 1. The number of thiazole rings is 1. The van der Waals surface area contributed by atoms with Gasteiger partial charge in [-0.05, 0) is 42.5 Å². The molecule has 1 N–H and O–H groups in total. The fourth-order valence-corrected chi connectivity index (χ4v) is 4.55. The smallest absolute Gasteiger partial charge is 0.224 e. The fourth-order valence-electron chi connectivity index (χ4n) is 3.50. The average molecular weight is 453 g/mol. The lowest BCUT2D eigenvalue weighted by Crippen LogP contribution is -2.36. The minimum absolute atomic E-state index is 0.121. The number of aryl methyl sites for hydroxylation is 1. The van der Waals surface area contributed by atoms with Gasteiger partial charge in [0.15, 0.2) is 16.8 Å². The van der Waals surface area contributed by atoms with Gasteiger partial charge in [-0.15, -0.1) is 0 Å². The minimum atomic E-state index is -0.306. The third kappa shape index (κ3) is 4.63. The largest absolute Gasteiger partial charge is 0.441 e.